The van der Waals surface area contributed by atoms with Crippen LogP contribution in [-0.2, 0) is 10.2 Å². The molecule has 0 spiro atoms. The van der Waals surface area contributed by atoms with Gasteiger partial charge in [-0.15, -0.1) is 0 Å². The van der Waals surface area contributed by atoms with Gasteiger partial charge in [-0.3, -0.25) is 9.59 Å². The number of nitrogens with one attached hydrogen (secondary N) is 2. The van der Waals surface area contributed by atoms with E-state index in [4.69, 9.17) is 4.52 Å². The van der Waals surface area contributed by atoms with Crippen LogP contribution in [0.25, 0.3) is 11.1 Å². The summed E-state index contributed by atoms with van der Waals surface area (Å²) >= 11 is 0. The number of halogens is 1. The lowest BCUT2D eigenvalue weighted by atomic mass is 9.96. The minimum atomic E-state index is -0.499. The standard InChI is InChI=1S/C25H28FN5O3/c1-13-10-18(16-8-9-27-20(11-16)29-22(32)15-6-7-15)19(26)12-17(13)14(2)28-23(33)21-30-24(34-31-21)25(3,4)5/h8-12,14-15H,6-7H2,1-5H3,(H,28,33)(H,27,29,32). The third-order valence-electron chi connectivity index (χ3n) is 5.71. The Morgan fingerprint density at radius 3 is 2.59 bits per heavy atom. The van der Waals surface area contributed by atoms with Crippen LogP contribution in [0, 0.1) is 18.7 Å². The van der Waals surface area contributed by atoms with Gasteiger partial charge in [0.25, 0.3) is 11.7 Å². The van der Waals surface area contributed by atoms with E-state index in [0.717, 1.165) is 18.4 Å². The molecule has 1 aromatic carbocycles. The molecule has 8 nitrogen and oxygen atoms in total. The lowest BCUT2D eigenvalue weighted by molar-refractivity contribution is -0.117. The van der Waals surface area contributed by atoms with Gasteiger partial charge in [0.15, 0.2) is 0 Å². The van der Waals surface area contributed by atoms with Crippen LogP contribution in [0.1, 0.15) is 74.2 Å². The molecule has 0 saturated heterocycles. The average molecular weight is 466 g/mol. The molecular formula is C25H28FN5O3. The summed E-state index contributed by atoms with van der Waals surface area (Å²) in [4.78, 5) is 33.0. The van der Waals surface area contributed by atoms with Gasteiger partial charge >= 0.3 is 0 Å². The van der Waals surface area contributed by atoms with Crippen molar-refractivity contribution in [1.82, 2.24) is 20.4 Å². The molecule has 2 heterocycles. The summed E-state index contributed by atoms with van der Waals surface area (Å²) in [7, 11) is 0. The molecule has 2 N–H and O–H groups in total. The topological polar surface area (TPSA) is 110 Å². The quantitative estimate of drug-likeness (QED) is 0.545. The summed E-state index contributed by atoms with van der Waals surface area (Å²) in [5.41, 5.74) is 2.04. The van der Waals surface area contributed by atoms with E-state index in [-0.39, 0.29) is 23.1 Å². The van der Waals surface area contributed by atoms with Crippen molar-refractivity contribution in [3.05, 3.63) is 59.1 Å². The van der Waals surface area contributed by atoms with Crippen LogP contribution in [0.3, 0.4) is 0 Å². The Morgan fingerprint density at radius 1 is 1.21 bits per heavy atom. The number of nitrogens with zero attached hydrogens (tertiary/aromatic N) is 3. The van der Waals surface area contributed by atoms with Crippen LogP contribution in [0.5, 0.6) is 0 Å². The molecular weight excluding hydrogens is 437 g/mol. The molecule has 9 heteroatoms. The zero-order chi connectivity index (χ0) is 24.6. The van der Waals surface area contributed by atoms with Gasteiger partial charge in [0.1, 0.15) is 11.6 Å². The highest BCUT2D eigenvalue weighted by Gasteiger charge is 2.30. The molecule has 0 bridgehead atoms. The Labute approximate surface area is 197 Å². The summed E-state index contributed by atoms with van der Waals surface area (Å²) in [5, 5.41) is 9.35. The predicted octanol–water partition coefficient (Wildman–Crippen LogP) is 4.72. The second kappa shape index (κ2) is 8.96. The highest BCUT2D eigenvalue weighted by atomic mass is 19.1. The summed E-state index contributed by atoms with van der Waals surface area (Å²) in [6.45, 7) is 9.34. The zero-order valence-electron chi connectivity index (χ0n) is 19.9. The molecule has 1 atom stereocenters. The van der Waals surface area contributed by atoms with Gasteiger partial charge in [0.2, 0.25) is 11.8 Å². The van der Waals surface area contributed by atoms with E-state index in [1.165, 1.54) is 6.07 Å². The van der Waals surface area contributed by atoms with Gasteiger partial charge < -0.3 is 15.2 Å². The molecule has 34 heavy (non-hydrogen) atoms. The molecule has 0 aliphatic heterocycles. The van der Waals surface area contributed by atoms with E-state index in [1.54, 1.807) is 31.3 Å². The second-order valence-corrected chi connectivity index (χ2v) is 9.75. The number of amides is 2. The van der Waals surface area contributed by atoms with Crippen molar-refractivity contribution in [1.29, 1.82) is 0 Å². The fourth-order valence-corrected chi connectivity index (χ4v) is 3.58. The van der Waals surface area contributed by atoms with Gasteiger partial charge in [0.05, 0.1) is 6.04 Å². The minimum Gasteiger partial charge on any atom is -0.343 e. The number of carbonyl (C=O) groups is 2. The number of aryl methyl sites for hydroxylation is 1. The molecule has 1 fully saturated rings. The van der Waals surface area contributed by atoms with Crippen LogP contribution < -0.4 is 10.6 Å². The van der Waals surface area contributed by atoms with E-state index in [0.29, 0.717) is 28.4 Å². The van der Waals surface area contributed by atoms with E-state index in [2.05, 4.69) is 25.8 Å². The van der Waals surface area contributed by atoms with E-state index in [1.807, 2.05) is 27.7 Å². The molecule has 0 radical (unpaired) electrons. The number of aromatic nitrogens is 3. The number of hydrogen-bond acceptors (Lipinski definition) is 6. The molecule has 178 valence electrons. The highest BCUT2D eigenvalue weighted by Crippen LogP contribution is 2.32. The predicted molar refractivity (Wildman–Crippen MR) is 125 cm³/mol. The van der Waals surface area contributed by atoms with Crippen LogP contribution in [0.2, 0.25) is 0 Å². The molecule has 1 aliphatic carbocycles. The van der Waals surface area contributed by atoms with Crippen molar-refractivity contribution in [2.24, 2.45) is 5.92 Å². The number of hydrogen-bond donors (Lipinski definition) is 2. The molecule has 2 amide bonds. The van der Waals surface area contributed by atoms with Gasteiger partial charge in [-0.1, -0.05) is 25.9 Å². The van der Waals surface area contributed by atoms with Crippen molar-refractivity contribution in [2.45, 2.75) is 58.9 Å². The van der Waals surface area contributed by atoms with E-state index >= 15 is 4.39 Å². The van der Waals surface area contributed by atoms with Crippen molar-refractivity contribution in [3.63, 3.8) is 0 Å². The van der Waals surface area contributed by atoms with Crippen LogP contribution in [-0.4, -0.2) is 26.9 Å². The van der Waals surface area contributed by atoms with Crippen molar-refractivity contribution < 1.29 is 18.5 Å². The SMILES string of the molecule is Cc1cc(-c2ccnc(NC(=O)C3CC3)c2)c(F)cc1C(C)NC(=O)c1noc(C(C)(C)C)n1. The van der Waals surface area contributed by atoms with Gasteiger partial charge in [-0.2, -0.15) is 4.98 Å². The minimum absolute atomic E-state index is 0.0490. The molecule has 2 aromatic heterocycles. The molecule has 1 unspecified atom stereocenters. The second-order valence-electron chi connectivity index (χ2n) is 9.75. The smallest absolute Gasteiger partial charge is 0.293 e. The molecule has 1 saturated carbocycles. The first-order chi connectivity index (χ1) is 16.0. The summed E-state index contributed by atoms with van der Waals surface area (Å²) in [6, 6.07) is 6.00. The Hall–Kier alpha value is -3.62. The first kappa shape index (κ1) is 23.5. The first-order valence-corrected chi connectivity index (χ1v) is 11.3. The maximum Gasteiger partial charge on any atom is 0.293 e. The molecule has 1 aliphatic rings. The fourth-order valence-electron chi connectivity index (χ4n) is 3.58. The number of pyridine rings is 1. The maximum atomic E-state index is 15.1. The zero-order valence-corrected chi connectivity index (χ0v) is 19.9. The fraction of sp³-hybridized carbons (Fsp3) is 0.400. The van der Waals surface area contributed by atoms with Gasteiger partial charge in [-0.25, -0.2) is 9.37 Å². The lowest BCUT2D eigenvalue weighted by Gasteiger charge is -2.18. The summed E-state index contributed by atoms with van der Waals surface area (Å²) in [6.07, 6.45) is 3.32. The molecule has 4 rings (SSSR count). The average Bonchev–Trinajstić information content (AvgIpc) is 3.50. The van der Waals surface area contributed by atoms with Crippen LogP contribution in [0.15, 0.2) is 35.0 Å². The van der Waals surface area contributed by atoms with Crippen LogP contribution >= 0.6 is 0 Å². The highest BCUT2D eigenvalue weighted by molar-refractivity contribution is 5.93. The van der Waals surface area contributed by atoms with Crippen molar-refractivity contribution in [2.75, 3.05) is 5.32 Å². The van der Waals surface area contributed by atoms with Gasteiger partial charge in [0, 0.05) is 23.1 Å². The Balaban J connectivity index is 1.51. The third-order valence-corrected chi connectivity index (χ3v) is 5.71. The van der Waals surface area contributed by atoms with Crippen molar-refractivity contribution in [3.8, 4) is 11.1 Å². The number of carbonyl (C=O) groups excluding carboxylic acids is 2. The lowest BCUT2D eigenvalue weighted by Crippen LogP contribution is -2.28. The summed E-state index contributed by atoms with van der Waals surface area (Å²) < 4.78 is 20.3. The van der Waals surface area contributed by atoms with E-state index < -0.39 is 17.8 Å². The van der Waals surface area contributed by atoms with Crippen LogP contribution in [0.4, 0.5) is 10.2 Å². The number of anilines is 1. The van der Waals surface area contributed by atoms with Gasteiger partial charge in [-0.05, 0) is 67.6 Å². The largest absolute Gasteiger partial charge is 0.343 e. The summed E-state index contributed by atoms with van der Waals surface area (Å²) in [5.74, 6) is -0.259. The molecule has 3 aromatic rings. The van der Waals surface area contributed by atoms with Crippen molar-refractivity contribution >= 4 is 17.6 Å². The number of benzene rings is 1. The monoisotopic (exact) mass is 465 g/mol. The Bertz CT molecular complexity index is 1240. The Kier molecular flexibility index (Phi) is 6.20. The first-order valence-electron chi connectivity index (χ1n) is 11.3. The third kappa shape index (κ3) is 5.13. The Morgan fingerprint density at radius 2 is 1.94 bits per heavy atom. The normalized spacial score (nSPS) is 14.5. The van der Waals surface area contributed by atoms with E-state index in [9.17, 15) is 9.59 Å². The maximum absolute atomic E-state index is 15.1. The number of rotatable bonds is 6.